The van der Waals surface area contributed by atoms with Crippen molar-refractivity contribution >= 4 is 44.8 Å². The van der Waals surface area contributed by atoms with Gasteiger partial charge in [-0.3, -0.25) is 29.0 Å². The second-order valence-electron chi connectivity index (χ2n) is 6.74. The number of rotatable bonds is 4. The van der Waals surface area contributed by atoms with Crippen LogP contribution < -0.4 is 9.80 Å². The van der Waals surface area contributed by atoms with E-state index in [2.05, 4.69) is 0 Å². The molecule has 2 aromatic carbocycles. The molecule has 2 fully saturated rings. The normalized spacial score (nSPS) is 17.5. The summed E-state index contributed by atoms with van der Waals surface area (Å²) in [6.45, 7) is 0. The van der Waals surface area contributed by atoms with Crippen LogP contribution in [0, 0.1) is 0 Å². The van der Waals surface area contributed by atoms with Crippen molar-refractivity contribution in [2.45, 2.75) is 35.5 Å². The molecule has 8 nitrogen and oxygen atoms in total. The summed E-state index contributed by atoms with van der Waals surface area (Å²) < 4.78 is 25.7. The minimum Gasteiger partial charge on any atom is -0.274 e. The van der Waals surface area contributed by atoms with Gasteiger partial charge in [0.05, 0.1) is 21.2 Å². The highest BCUT2D eigenvalue weighted by Crippen LogP contribution is 2.29. The molecule has 0 aromatic heterocycles. The first kappa shape index (κ1) is 19.0. The molecule has 9 heteroatoms. The van der Waals surface area contributed by atoms with Crippen LogP contribution in [0.2, 0.25) is 0 Å². The maximum Gasteiger partial charge on any atom is 0.234 e. The van der Waals surface area contributed by atoms with E-state index in [-0.39, 0.29) is 59.1 Å². The highest BCUT2D eigenvalue weighted by atomic mass is 32.2. The molecule has 29 heavy (non-hydrogen) atoms. The highest BCUT2D eigenvalue weighted by molar-refractivity contribution is 7.91. The average Bonchev–Trinajstić information content (AvgIpc) is 3.22. The van der Waals surface area contributed by atoms with Gasteiger partial charge in [-0.05, 0) is 48.5 Å². The van der Waals surface area contributed by atoms with E-state index < -0.39 is 9.84 Å². The summed E-state index contributed by atoms with van der Waals surface area (Å²) in [7, 11) is -3.85. The molecular formula is C20H16N2O6S. The quantitative estimate of drug-likeness (QED) is 0.709. The van der Waals surface area contributed by atoms with Crippen LogP contribution >= 0.6 is 0 Å². The van der Waals surface area contributed by atoms with E-state index in [1.807, 2.05) is 0 Å². The zero-order valence-electron chi connectivity index (χ0n) is 15.2. The highest BCUT2D eigenvalue weighted by Gasteiger charge is 2.32. The number of sulfone groups is 1. The minimum absolute atomic E-state index is 0.00131. The van der Waals surface area contributed by atoms with Crippen molar-refractivity contribution in [1.82, 2.24) is 0 Å². The Morgan fingerprint density at radius 3 is 1.07 bits per heavy atom. The summed E-state index contributed by atoms with van der Waals surface area (Å²) in [5.41, 5.74) is 0.663. The van der Waals surface area contributed by atoms with Gasteiger partial charge in [0.15, 0.2) is 0 Å². The second kappa shape index (κ2) is 6.93. The van der Waals surface area contributed by atoms with Gasteiger partial charge in [-0.15, -0.1) is 0 Å². The Balaban J connectivity index is 1.60. The van der Waals surface area contributed by atoms with E-state index in [9.17, 15) is 27.6 Å². The van der Waals surface area contributed by atoms with Gasteiger partial charge in [0.25, 0.3) is 0 Å². The van der Waals surface area contributed by atoms with Crippen molar-refractivity contribution in [2.24, 2.45) is 0 Å². The Bertz CT molecular complexity index is 1020. The van der Waals surface area contributed by atoms with Gasteiger partial charge in [0, 0.05) is 25.7 Å². The first-order valence-electron chi connectivity index (χ1n) is 8.96. The second-order valence-corrected chi connectivity index (χ2v) is 8.69. The molecule has 0 spiro atoms. The summed E-state index contributed by atoms with van der Waals surface area (Å²) in [6.07, 6.45) is 0.584. The van der Waals surface area contributed by atoms with Crippen LogP contribution in [0.15, 0.2) is 58.3 Å². The van der Waals surface area contributed by atoms with Crippen molar-refractivity contribution in [2.75, 3.05) is 9.80 Å². The van der Waals surface area contributed by atoms with E-state index in [0.717, 1.165) is 9.80 Å². The van der Waals surface area contributed by atoms with E-state index in [1.54, 1.807) is 0 Å². The molecule has 0 saturated carbocycles. The number of hydrogen-bond donors (Lipinski definition) is 0. The van der Waals surface area contributed by atoms with Crippen LogP contribution in [0.25, 0.3) is 0 Å². The molecule has 0 radical (unpaired) electrons. The van der Waals surface area contributed by atoms with Gasteiger partial charge in [-0.1, -0.05) is 0 Å². The average molecular weight is 412 g/mol. The topological polar surface area (TPSA) is 109 Å². The SMILES string of the molecule is O=C1CCC(=O)N1c1ccc(S(=O)(=O)c2ccc(N3C(=O)CCC3=O)cc2)cc1. The van der Waals surface area contributed by atoms with Crippen LogP contribution in [0.4, 0.5) is 11.4 Å². The smallest absolute Gasteiger partial charge is 0.234 e. The molecule has 2 aromatic rings. The molecule has 0 N–H and O–H groups in total. The number of carbonyl (C=O) groups excluding carboxylic acids is 4. The largest absolute Gasteiger partial charge is 0.274 e. The molecule has 2 heterocycles. The number of imide groups is 2. The summed E-state index contributed by atoms with van der Waals surface area (Å²) >= 11 is 0. The fourth-order valence-electron chi connectivity index (χ4n) is 3.41. The summed E-state index contributed by atoms with van der Waals surface area (Å²) in [5.74, 6) is -1.25. The van der Waals surface area contributed by atoms with Crippen LogP contribution in [0.5, 0.6) is 0 Å². The molecule has 0 unspecified atom stereocenters. The molecule has 4 amide bonds. The standard InChI is InChI=1S/C20H16N2O6S/c23-17-9-10-18(24)21(17)13-1-5-15(6-2-13)29(27,28)16-7-3-14(4-8-16)22-19(25)11-12-20(22)26/h1-8H,9-12H2. The number of anilines is 2. The number of carbonyl (C=O) groups is 4. The van der Waals surface area contributed by atoms with Crippen LogP contribution in [-0.4, -0.2) is 32.0 Å². The lowest BCUT2D eigenvalue weighted by molar-refractivity contribution is -0.122. The van der Waals surface area contributed by atoms with Crippen LogP contribution in [0.1, 0.15) is 25.7 Å². The summed E-state index contributed by atoms with van der Waals surface area (Å²) in [6, 6.07) is 11.0. The summed E-state index contributed by atoms with van der Waals surface area (Å²) in [4.78, 5) is 49.3. The van der Waals surface area contributed by atoms with E-state index in [1.165, 1.54) is 48.5 Å². The molecule has 2 aliphatic rings. The molecule has 2 saturated heterocycles. The van der Waals surface area contributed by atoms with Crippen molar-refractivity contribution in [3.05, 3.63) is 48.5 Å². The molecule has 148 valence electrons. The number of hydrogen-bond acceptors (Lipinski definition) is 6. The summed E-state index contributed by atoms with van der Waals surface area (Å²) in [5, 5.41) is 0. The van der Waals surface area contributed by atoms with Crippen molar-refractivity contribution in [1.29, 1.82) is 0 Å². The Kier molecular flexibility index (Phi) is 4.54. The van der Waals surface area contributed by atoms with Gasteiger partial charge in [0.1, 0.15) is 0 Å². The molecule has 0 aliphatic carbocycles. The minimum atomic E-state index is -3.85. The van der Waals surface area contributed by atoms with Crippen LogP contribution in [0.3, 0.4) is 0 Å². The number of benzene rings is 2. The third-order valence-corrected chi connectivity index (χ3v) is 6.70. The molecule has 0 bridgehead atoms. The van der Waals surface area contributed by atoms with E-state index in [4.69, 9.17) is 0 Å². The molecule has 0 atom stereocenters. The first-order chi connectivity index (χ1) is 13.8. The van der Waals surface area contributed by atoms with Crippen LogP contribution in [-0.2, 0) is 29.0 Å². The lowest BCUT2D eigenvalue weighted by Gasteiger charge is -2.15. The van der Waals surface area contributed by atoms with Gasteiger partial charge >= 0.3 is 0 Å². The molecule has 4 rings (SSSR count). The van der Waals surface area contributed by atoms with Crippen molar-refractivity contribution < 1.29 is 27.6 Å². The van der Waals surface area contributed by atoms with E-state index >= 15 is 0 Å². The zero-order valence-corrected chi connectivity index (χ0v) is 16.0. The Morgan fingerprint density at radius 1 is 0.517 bits per heavy atom. The van der Waals surface area contributed by atoms with Gasteiger partial charge in [-0.25, -0.2) is 8.42 Å². The van der Waals surface area contributed by atoms with Gasteiger partial charge in [-0.2, -0.15) is 0 Å². The lowest BCUT2D eigenvalue weighted by atomic mass is 10.3. The maximum absolute atomic E-state index is 12.9. The third-order valence-electron chi connectivity index (χ3n) is 4.91. The van der Waals surface area contributed by atoms with E-state index in [0.29, 0.717) is 11.4 Å². The van der Waals surface area contributed by atoms with Crippen molar-refractivity contribution in [3.8, 4) is 0 Å². The Labute approximate surface area is 166 Å². The molecular weight excluding hydrogens is 396 g/mol. The predicted molar refractivity (Wildman–Crippen MR) is 102 cm³/mol. The predicted octanol–water partition coefficient (Wildman–Crippen LogP) is 1.83. The first-order valence-corrected chi connectivity index (χ1v) is 10.4. The maximum atomic E-state index is 12.9. The Hall–Kier alpha value is -3.33. The Morgan fingerprint density at radius 2 is 0.793 bits per heavy atom. The fourth-order valence-corrected chi connectivity index (χ4v) is 4.67. The lowest BCUT2D eigenvalue weighted by Crippen LogP contribution is -2.28. The number of amides is 4. The monoisotopic (exact) mass is 412 g/mol. The van der Waals surface area contributed by atoms with Crippen molar-refractivity contribution in [3.63, 3.8) is 0 Å². The van der Waals surface area contributed by atoms with Gasteiger partial charge < -0.3 is 0 Å². The fraction of sp³-hybridized carbons (Fsp3) is 0.200. The molecule has 2 aliphatic heterocycles. The third kappa shape index (κ3) is 3.23. The zero-order chi connectivity index (χ0) is 20.8. The van der Waals surface area contributed by atoms with Gasteiger partial charge in [0.2, 0.25) is 33.5 Å². The number of nitrogens with zero attached hydrogens (tertiary/aromatic N) is 2.